The van der Waals surface area contributed by atoms with E-state index in [0.717, 1.165) is 11.3 Å². The number of nitrogens with zero attached hydrogens (tertiary/aromatic N) is 1. The normalized spacial score (nSPS) is 9.55. The minimum atomic E-state index is -0.227. The topological polar surface area (TPSA) is 39.2 Å². The van der Waals surface area contributed by atoms with Gasteiger partial charge in [0.15, 0.2) is 0 Å². The summed E-state index contributed by atoms with van der Waals surface area (Å²) in [5.41, 5.74) is 1.77. The van der Waals surface area contributed by atoms with E-state index >= 15 is 0 Å². The van der Waals surface area contributed by atoms with Crippen molar-refractivity contribution in [2.24, 2.45) is 0 Å². The molecule has 11 heavy (non-hydrogen) atoms. The van der Waals surface area contributed by atoms with E-state index in [1.807, 2.05) is 0 Å². The number of thiazole rings is 1. The van der Waals surface area contributed by atoms with Crippen molar-refractivity contribution >= 4 is 17.3 Å². The third-order valence-electron chi connectivity index (χ3n) is 1.14. The third kappa shape index (κ3) is 3.13. The Bertz CT molecular complexity index is 220. The van der Waals surface area contributed by atoms with Crippen LogP contribution < -0.4 is 0 Å². The van der Waals surface area contributed by atoms with E-state index in [1.54, 1.807) is 23.0 Å². The highest BCUT2D eigenvalue weighted by Crippen LogP contribution is 2.05. The Balaban J connectivity index is 2.19. The molecule has 0 bridgehead atoms. The summed E-state index contributed by atoms with van der Waals surface area (Å²) in [6.45, 7) is 1.87. The number of carbonyl (C=O) groups is 1. The smallest absolute Gasteiger partial charge is 0.302 e. The van der Waals surface area contributed by atoms with Crippen LogP contribution in [0.25, 0.3) is 0 Å². The van der Waals surface area contributed by atoms with E-state index in [1.165, 1.54) is 6.92 Å². The zero-order valence-corrected chi connectivity index (χ0v) is 7.06. The van der Waals surface area contributed by atoms with E-state index in [-0.39, 0.29) is 5.97 Å². The van der Waals surface area contributed by atoms with Gasteiger partial charge in [-0.05, 0) is 0 Å². The Morgan fingerprint density at radius 1 is 1.82 bits per heavy atom. The highest BCUT2D eigenvalue weighted by molar-refractivity contribution is 7.09. The van der Waals surface area contributed by atoms with Gasteiger partial charge >= 0.3 is 5.97 Å². The number of hydrogen-bond donors (Lipinski definition) is 0. The molecule has 0 radical (unpaired) electrons. The average molecular weight is 171 g/mol. The van der Waals surface area contributed by atoms with E-state index in [2.05, 4.69) is 4.98 Å². The standard InChI is InChI=1S/C7H9NO2S/c1-6(9)10-3-2-7-4-8-5-11-7/h4-5H,2-3H2,1H3. The van der Waals surface area contributed by atoms with E-state index in [9.17, 15) is 4.79 Å². The summed E-state index contributed by atoms with van der Waals surface area (Å²) >= 11 is 1.57. The van der Waals surface area contributed by atoms with Gasteiger partial charge in [0, 0.05) is 24.4 Å². The molecular weight excluding hydrogens is 162 g/mol. The van der Waals surface area contributed by atoms with Crippen LogP contribution in [0.2, 0.25) is 0 Å². The number of hydrogen-bond acceptors (Lipinski definition) is 4. The van der Waals surface area contributed by atoms with Crippen molar-refractivity contribution in [2.45, 2.75) is 13.3 Å². The van der Waals surface area contributed by atoms with E-state index in [0.29, 0.717) is 6.61 Å². The van der Waals surface area contributed by atoms with Crippen molar-refractivity contribution in [1.29, 1.82) is 0 Å². The van der Waals surface area contributed by atoms with Gasteiger partial charge in [0.2, 0.25) is 0 Å². The van der Waals surface area contributed by atoms with Crippen LogP contribution in [0.15, 0.2) is 11.7 Å². The highest BCUT2D eigenvalue weighted by atomic mass is 32.1. The fourth-order valence-corrected chi connectivity index (χ4v) is 1.24. The van der Waals surface area contributed by atoms with Gasteiger partial charge in [0.25, 0.3) is 0 Å². The fraction of sp³-hybridized carbons (Fsp3) is 0.429. The first-order valence-electron chi connectivity index (χ1n) is 3.30. The minimum Gasteiger partial charge on any atom is -0.465 e. The molecule has 0 aromatic carbocycles. The van der Waals surface area contributed by atoms with Gasteiger partial charge in [0.05, 0.1) is 12.1 Å². The lowest BCUT2D eigenvalue weighted by Gasteiger charge is -1.97. The predicted octanol–water partition coefficient (Wildman–Crippen LogP) is 1.25. The lowest BCUT2D eigenvalue weighted by molar-refractivity contribution is -0.140. The molecule has 0 N–H and O–H groups in total. The Labute approximate surface area is 69.0 Å². The summed E-state index contributed by atoms with van der Waals surface area (Å²) in [4.78, 5) is 15.4. The molecule has 0 fully saturated rings. The van der Waals surface area contributed by atoms with E-state index in [4.69, 9.17) is 4.74 Å². The summed E-state index contributed by atoms with van der Waals surface area (Å²) in [6, 6.07) is 0. The number of ether oxygens (including phenoxy) is 1. The Morgan fingerprint density at radius 2 is 2.64 bits per heavy atom. The number of aromatic nitrogens is 1. The lowest BCUT2D eigenvalue weighted by atomic mass is 10.4. The van der Waals surface area contributed by atoms with Gasteiger partial charge in [-0.15, -0.1) is 11.3 Å². The third-order valence-corrected chi connectivity index (χ3v) is 1.98. The molecule has 4 heteroatoms. The van der Waals surface area contributed by atoms with Crippen LogP contribution in [0.4, 0.5) is 0 Å². The molecule has 1 aromatic rings. The molecule has 0 amide bonds. The monoisotopic (exact) mass is 171 g/mol. The lowest BCUT2D eigenvalue weighted by Crippen LogP contribution is -2.02. The molecule has 0 aliphatic heterocycles. The van der Waals surface area contributed by atoms with Crippen molar-refractivity contribution in [3.63, 3.8) is 0 Å². The van der Waals surface area contributed by atoms with Gasteiger partial charge in [-0.3, -0.25) is 9.78 Å². The highest BCUT2D eigenvalue weighted by Gasteiger charge is 1.95. The molecule has 0 aliphatic carbocycles. The second-order valence-electron chi connectivity index (χ2n) is 2.06. The molecule has 0 atom stereocenters. The molecule has 60 valence electrons. The van der Waals surface area contributed by atoms with Crippen molar-refractivity contribution in [3.8, 4) is 0 Å². The summed E-state index contributed by atoms with van der Waals surface area (Å²) in [7, 11) is 0. The predicted molar refractivity (Wildman–Crippen MR) is 42.5 cm³/mol. The molecule has 1 aromatic heterocycles. The van der Waals surface area contributed by atoms with Gasteiger partial charge in [-0.2, -0.15) is 0 Å². The first-order valence-corrected chi connectivity index (χ1v) is 4.18. The van der Waals surface area contributed by atoms with Crippen LogP contribution in [0.3, 0.4) is 0 Å². The maximum Gasteiger partial charge on any atom is 0.302 e. The van der Waals surface area contributed by atoms with Crippen LogP contribution in [0.1, 0.15) is 11.8 Å². The first kappa shape index (κ1) is 8.20. The molecule has 0 spiro atoms. The maximum atomic E-state index is 10.3. The summed E-state index contributed by atoms with van der Waals surface area (Å²) in [6.07, 6.45) is 2.55. The Morgan fingerprint density at radius 3 is 3.18 bits per heavy atom. The SMILES string of the molecule is CC(=O)OCCc1cncs1. The molecule has 1 heterocycles. The van der Waals surface area contributed by atoms with Crippen LogP contribution in [0.5, 0.6) is 0 Å². The summed E-state index contributed by atoms with van der Waals surface area (Å²) < 4.78 is 4.76. The van der Waals surface area contributed by atoms with Crippen LogP contribution in [0, 0.1) is 0 Å². The zero-order valence-electron chi connectivity index (χ0n) is 6.24. The molecule has 1 rings (SSSR count). The number of carbonyl (C=O) groups excluding carboxylic acids is 1. The molecule has 0 saturated heterocycles. The van der Waals surface area contributed by atoms with Crippen LogP contribution in [-0.4, -0.2) is 17.6 Å². The largest absolute Gasteiger partial charge is 0.465 e. The van der Waals surface area contributed by atoms with Crippen molar-refractivity contribution < 1.29 is 9.53 Å². The molecule has 0 saturated carbocycles. The van der Waals surface area contributed by atoms with Crippen molar-refractivity contribution in [2.75, 3.05) is 6.61 Å². The number of esters is 1. The summed E-state index contributed by atoms with van der Waals surface area (Å²) in [5, 5.41) is 0. The second kappa shape index (κ2) is 4.08. The zero-order chi connectivity index (χ0) is 8.10. The second-order valence-corrected chi connectivity index (χ2v) is 3.03. The van der Waals surface area contributed by atoms with E-state index < -0.39 is 0 Å². The molecular formula is C7H9NO2S. The van der Waals surface area contributed by atoms with Crippen LogP contribution >= 0.6 is 11.3 Å². The van der Waals surface area contributed by atoms with Gasteiger partial charge in [-0.25, -0.2) is 0 Å². The van der Waals surface area contributed by atoms with Gasteiger partial charge < -0.3 is 4.74 Å². The molecule has 3 nitrogen and oxygen atoms in total. The van der Waals surface area contributed by atoms with Gasteiger partial charge in [0.1, 0.15) is 0 Å². The molecule has 0 aliphatic rings. The molecule has 0 unspecified atom stereocenters. The van der Waals surface area contributed by atoms with Crippen molar-refractivity contribution in [3.05, 3.63) is 16.6 Å². The van der Waals surface area contributed by atoms with Gasteiger partial charge in [-0.1, -0.05) is 0 Å². The first-order chi connectivity index (χ1) is 5.29. The Kier molecular flexibility index (Phi) is 3.04. The maximum absolute atomic E-state index is 10.3. The number of rotatable bonds is 3. The Hall–Kier alpha value is -0.900. The fourth-order valence-electron chi connectivity index (χ4n) is 0.661. The van der Waals surface area contributed by atoms with Crippen LogP contribution in [-0.2, 0) is 16.0 Å². The van der Waals surface area contributed by atoms with Crippen molar-refractivity contribution in [1.82, 2.24) is 4.98 Å². The average Bonchev–Trinajstić information content (AvgIpc) is 2.39. The quantitative estimate of drug-likeness (QED) is 0.642. The summed E-state index contributed by atoms with van der Waals surface area (Å²) in [5.74, 6) is -0.227. The minimum absolute atomic E-state index is 0.227.